The Morgan fingerprint density at radius 3 is 2.57 bits per heavy atom. The van der Waals surface area contributed by atoms with Crippen molar-refractivity contribution in [2.75, 3.05) is 36.4 Å². The maximum absolute atomic E-state index is 14.3. The fourth-order valence-electron chi connectivity index (χ4n) is 2.82. The van der Waals surface area contributed by atoms with Gasteiger partial charge in [0.2, 0.25) is 0 Å². The van der Waals surface area contributed by atoms with Crippen LogP contribution < -0.4 is 15.5 Å². The molecule has 0 aliphatic carbocycles. The Balaban J connectivity index is 1.87. The zero-order valence-corrected chi connectivity index (χ0v) is 12.8. The Hall–Kier alpha value is -2.58. The quantitative estimate of drug-likeness (QED) is 0.912. The average Bonchev–Trinajstić information content (AvgIpc) is 2.62. The molecule has 1 heterocycles. The molecule has 1 aliphatic heterocycles. The third kappa shape index (κ3) is 3.43. The second-order valence-corrected chi connectivity index (χ2v) is 5.51. The van der Waals surface area contributed by atoms with Crippen molar-refractivity contribution in [1.29, 1.82) is 5.26 Å². The van der Waals surface area contributed by atoms with Gasteiger partial charge in [-0.3, -0.25) is 0 Å². The molecule has 0 saturated carbocycles. The number of hydrogen-bond acceptors (Lipinski definition) is 4. The highest BCUT2D eigenvalue weighted by Crippen LogP contribution is 2.30. The number of benzene rings is 2. The van der Waals surface area contributed by atoms with Gasteiger partial charge in [-0.15, -0.1) is 0 Å². The van der Waals surface area contributed by atoms with Gasteiger partial charge in [0.25, 0.3) is 0 Å². The zero-order chi connectivity index (χ0) is 16.1. The number of piperazine rings is 1. The van der Waals surface area contributed by atoms with Crippen LogP contribution in [0.3, 0.4) is 0 Å². The number of halogens is 1. The number of nitrogens with zero attached hydrogens (tertiary/aromatic N) is 2. The van der Waals surface area contributed by atoms with Crippen LogP contribution in [0.1, 0.15) is 11.1 Å². The van der Waals surface area contributed by atoms with Crippen LogP contribution in [0.5, 0.6) is 0 Å². The van der Waals surface area contributed by atoms with Crippen LogP contribution in [0, 0.1) is 17.1 Å². The van der Waals surface area contributed by atoms with E-state index in [2.05, 4.69) is 16.7 Å². The first-order valence-corrected chi connectivity index (χ1v) is 7.75. The lowest BCUT2D eigenvalue weighted by molar-refractivity contribution is 0.566. The van der Waals surface area contributed by atoms with E-state index >= 15 is 0 Å². The van der Waals surface area contributed by atoms with Crippen molar-refractivity contribution in [2.24, 2.45) is 0 Å². The van der Waals surface area contributed by atoms with Crippen LogP contribution in [0.15, 0.2) is 42.5 Å². The minimum atomic E-state index is -0.339. The van der Waals surface area contributed by atoms with Gasteiger partial charge in [-0.1, -0.05) is 30.3 Å². The molecule has 2 aromatic rings. The Morgan fingerprint density at radius 1 is 1.13 bits per heavy atom. The lowest BCUT2D eigenvalue weighted by atomic mass is 10.1. The summed E-state index contributed by atoms with van der Waals surface area (Å²) in [5.41, 5.74) is 2.57. The van der Waals surface area contributed by atoms with E-state index in [1.54, 1.807) is 6.07 Å². The maximum atomic E-state index is 14.3. The summed E-state index contributed by atoms with van der Waals surface area (Å²) in [4.78, 5) is 1.94. The highest BCUT2D eigenvalue weighted by molar-refractivity contribution is 5.73. The smallest absolute Gasteiger partial charge is 0.148 e. The molecule has 0 bridgehead atoms. The lowest BCUT2D eigenvalue weighted by Gasteiger charge is -2.31. The predicted octanol–water partition coefficient (Wildman–Crippen LogP) is 2.72. The molecule has 0 atom stereocenters. The standard InChI is InChI=1S/C18H19FN4/c19-16-6-7-17(22-13-14-4-2-1-3-5-14)15(12-20)18(16)23-10-8-21-9-11-23/h1-7,21-22H,8-11,13H2. The second kappa shape index (κ2) is 7.12. The van der Waals surface area contributed by atoms with Gasteiger partial charge in [0.05, 0.1) is 11.4 Å². The van der Waals surface area contributed by atoms with Crippen molar-refractivity contribution in [3.63, 3.8) is 0 Å². The monoisotopic (exact) mass is 310 g/mol. The SMILES string of the molecule is N#Cc1c(NCc2ccccc2)ccc(F)c1N1CCNCC1. The molecule has 0 radical (unpaired) electrons. The molecule has 1 aliphatic rings. The fraction of sp³-hybridized carbons (Fsp3) is 0.278. The summed E-state index contributed by atoms with van der Waals surface area (Å²) in [6.07, 6.45) is 0. The van der Waals surface area contributed by atoms with Gasteiger partial charge in [-0.2, -0.15) is 5.26 Å². The van der Waals surface area contributed by atoms with Crippen molar-refractivity contribution < 1.29 is 4.39 Å². The van der Waals surface area contributed by atoms with Gasteiger partial charge in [0, 0.05) is 32.7 Å². The van der Waals surface area contributed by atoms with E-state index in [1.807, 2.05) is 35.2 Å². The summed E-state index contributed by atoms with van der Waals surface area (Å²) in [7, 11) is 0. The number of nitrogens with one attached hydrogen (secondary N) is 2. The molecule has 0 spiro atoms. The van der Waals surface area contributed by atoms with Crippen LogP contribution in [0.4, 0.5) is 15.8 Å². The van der Waals surface area contributed by atoms with E-state index in [-0.39, 0.29) is 5.82 Å². The average molecular weight is 310 g/mol. The normalized spacial score (nSPS) is 14.3. The van der Waals surface area contributed by atoms with Crippen molar-refractivity contribution in [3.05, 3.63) is 59.4 Å². The zero-order valence-electron chi connectivity index (χ0n) is 12.8. The first-order valence-electron chi connectivity index (χ1n) is 7.75. The van der Waals surface area contributed by atoms with E-state index in [0.29, 0.717) is 36.6 Å². The number of anilines is 2. The number of nitriles is 1. The second-order valence-electron chi connectivity index (χ2n) is 5.51. The maximum Gasteiger partial charge on any atom is 0.148 e. The van der Waals surface area contributed by atoms with Gasteiger partial charge in [-0.05, 0) is 17.7 Å². The number of hydrogen-bond donors (Lipinski definition) is 2. The van der Waals surface area contributed by atoms with Crippen molar-refractivity contribution in [3.8, 4) is 6.07 Å². The molecule has 118 valence electrons. The van der Waals surface area contributed by atoms with Gasteiger partial charge >= 0.3 is 0 Å². The van der Waals surface area contributed by atoms with Crippen LogP contribution in [0.25, 0.3) is 0 Å². The van der Waals surface area contributed by atoms with E-state index in [4.69, 9.17) is 0 Å². The van der Waals surface area contributed by atoms with Gasteiger partial charge in [0.15, 0.2) is 0 Å². The van der Waals surface area contributed by atoms with Crippen molar-refractivity contribution in [1.82, 2.24) is 5.32 Å². The van der Waals surface area contributed by atoms with E-state index in [0.717, 1.165) is 18.7 Å². The van der Waals surface area contributed by atoms with Crippen LogP contribution in [-0.4, -0.2) is 26.2 Å². The Labute approximate surface area is 135 Å². The van der Waals surface area contributed by atoms with Crippen molar-refractivity contribution >= 4 is 11.4 Å². The van der Waals surface area contributed by atoms with Crippen LogP contribution in [-0.2, 0) is 6.54 Å². The Bertz CT molecular complexity index is 703. The molecular weight excluding hydrogens is 291 g/mol. The van der Waals surface area contributed by atoms with Gasteiger partial charge in [-0.25, -0.2) is 4.39 Å². The molecular formula is C18H19FN4. The summed E-state index contributed by atoms with van der Waals surface area (Å²) in [6.45, 7) is 3.60. The van der Waals surface area contributed by atoms with Gasteiger partial charge in [0.1, 0.15) is 17.4 Å². The fourth-order valence-corrected chi connectivity index (χ4v) is 2.82. The summed E-state index contributed by atoms with van der Waals surface area (Å²) >= 11 is 0. The molecule has 2 N–H and O–H groups in total. The minimum absolute atomic E-state index is 0.339. The molecule has 3 rings (SSSR count). The Morgan fingerprint density at radius 2 is 1.87 bits per heavy atom. The molecule has 1 fully saturated rings. The van der Waals surface area contributed by atoms with E-state index in [9.17, 15) is 9.65 Å². The van der Waals surface area contributed by atoms with E-state index in [1.165, 1.54) is 6.07 Å². The molecule has 23 heavy (non-hydrogen) atoms. The predicted molar refractivity (Wildman–Crippen MR) is 90.0 cm³/mol. The molecule has 0 unspecified atom stereocenters. The molecule has 0 amide bonds. The molecule has 1 saturated heterocycles. The van der Waals surface area contributed by atoms with Crippen LogP contribution in [0.2, 0.25) is 0 Å². The number of rotatable bonds is 4. The Kier molecular flexibility index (Phi) is 4.74. The minimum Gasteiger partial charge on any atom is -0.380 e. The largest absolute Gasteiger partial charge is 0.380 e. The lowest BCUT2D eigenvalue weighted by Crippen LogP contribution is -2.44. The summed E-state index contributed by atoms with van der Waals surface area (Å²) in [6, 6.07) is 15.2. The van der Waals surface area contributed by atoms with Crippen molar-refractivity contribution in [2.45, 2.75) is 6.54 Å². The summed E-state index contributed by atoms with van der Waals surface area (Å²) in [5, 5.41) is 16.0. The summed E-state index contributed by atoms with van der Waals surface area (Å²) in [5.74, 6) is -0.339. The van der Waals surface area contributed by atoms with Gasteiger partial charge < -0.3 is 15.5 Å². The highest BCUT2D eigenvalue weighted by atomic mass is 19.1. The molecule has 4 nitrogen and oxygen atoms in total. The summed E-state index contributed by atoms with van der Waals surface area (Å²) < 4.78 is 14.3. The first-order chi connectivity index (χ1) is 11.3. The topological polar surface area (TPSA) is 51.1 Å². The third-order valence-corrected chi connectivity index (χ3v) is 4.00. The molecule has 5 heteroatoms. The van der Waals surface area contributed by atoms with Crippen LogP contribution >= 0.6 is 0 Å². The third-order valence-electron chi connectivity index (χ3n) is 4.00. The van der Waals surface area contributed by atoms with E-state index < -0.39 is 0 Å². The highest BCUT2D eigenvalue weighted by Gasteiger charge is 2.21. The molecule has 0 aromatic heterocycles. The first kappa shape index (κ1) is 15.3. The molecule has 2 aromatic carbocycles.